The molecule has 0 heterocycles. The number of carbonyl (C=O) groups is 3. The molecule has 36 heavy (non-hydrogen) atoms. The van der Waals surface area contributed by atoms with Gasteiger partial charge in [0.1, 0.15) is 23.6 Å². The van der Waals surface area contributed by atoms with Crippen molar-refractivity contribution in [2.75, 3.05) is 0 Å². The number of benzene rings is 1. The van der Waals surface area contributed by atoms with Gasteiger partial charge in [0.05, 0.1) is 17.6 Å². The maximum Gasteiger partial charge on any atom is 0.338 e. The third kappa shape index (κ3) is 5.62. The molecular formula is C29H38O7. The van der Waals surface area contributed by atoms with Crippen molar-refractivity contribution in [1.29, 1.82) is 0 Å². The first-order valence-electron chi connectivity index (χ1n) is 12.5. The minimum atomic E-state index is -1.40. The Morgan fingerprint density at radius 1 is 1.08 bits per heavy atom. The highest BCUT2D eigenvalue weighted by Gasteiger charge is 2.60. The van der Waals surface area contributed by atoms with Crippen LogP contribution < -0.4 is 0 Å². The maximum atomic E-state index is 13.0. The quantitative estimate of drug-likeness (QED) is 0.478. The molecule has 1 saturated carbocycles. The Balaban J connectivity index is 2.14. The highest BCUT2D eigenvalue weighted by Crippen LogP contribution is 2.50. The van der Waals surface area contributed by atoms with Gasteiger partial charge in [-0.2, -0.15) is 0 Å². The third-order valence-electron chi connectivity index (χ3n) is 7.59. The lowest BCUT2D eigenvalue weighted by atomic mass is 9.75. The van der Waals surface area contributed by atoms with Crippen LogP contribution in [-0.2, 0) is 19.1 Å². The first-order chi connectivity index (χ1) is 16.8. The van der Waals surface area contributed by atoms with Gasteiger partial charge >= 0.3 is 11.9 Å². The number of ether oxygens (including phenoxy) is 2. The molecule has 2 aliphatic rings. The van der Waals surface area contributed by atoms with Crippen molar-refractivity contribution in [1.82, 2.24) is 0 Å². The molecule has 7 atom stereocenters. The van der Waals surface area contributed by atoms with Gasteiger partial charge in [-0.1, -0.05) is 50.3 Å². The van der Waals surface area contributed by atoms with Gasteiger partial charge in [0.15, 0.2) is 0 Å². The first kappa shape index (κ1) is 27.8. The number of aliphatic hydroxyl groups excluding tert-OH is 2. The monoisotopic (exact) mass is 498 g/mol. The van der Waals surface area contributed by atoms with E-state index in [9.17, 15) is 24.6 Å². The fourth-order valence-corrected chi connectivity index (χ4v) is 5.36. The minimum absolute atomic E-state index is 0.0894. The van der Waals surface area contributed by atoms with Gasteiger partial charge in [-0.25, -0.2) is 4.79 Å². The molecule has 1 aromatic rings. The highest BCUT2D eigenvalue weighted by atomic mass is 16.6. The maximum absolute atomic E-state index is 13.0. The number of aliphatic hydroxyl groups is 2. The van der Waals surface area contributed by atoms with Crippen molar-refractivity contribution in [2.24, 2.45) is 23.2 Å². The largest absolute Gasteiger partial charge is 0.458 e. The number of hydrogen-bond donors (Lipinski definition) is 2. The van der Waals surface area contributed by atoms with Crippen molar-refractivity contribution < 1.29 is 34.1 Å². The number of esters is 2. The molecule has 1 aromatic carbocycles. The Hall–Kier alpha value is -2.77. The number of fused-ring (bicyclic) bond motifs is 1. The van der Waals surface area contributed by atoms with Gasteiger partial charge in [0.25, 0.3) is 0 Å². The lowest BCUT2D eigenvalue weighted by Gasteiger charge is -2.41. The predicted octanol–water partition coefficient (Wildman–Crippen LogP) is 4.03. The van der Waals surface area contributed by atoms with Gasteiger partial charge in [-0.05, 0) is 50.8 Å². The van der Waals surface area contributed by atoms with Crippen molar-refractivity contribution >= 4 is 17.7 Å². The lowest BCUT2D eigenvalue weighted by Crippen LogP contribution is -2.53. The van der Waals surface area contributed by atoms with E-state index in [0.29, 0.717) is 11.1 Å². The first-order valence-corrected chi connectivity index (χ1v) is 12.5. The molecule has 1 fully saturated rings. The van der Waals surface area contributed by atoms with E-state index in [1.807, 2.05) is 6.92 Å². The van der Waals surface area contributed by atoms with E-state index in [4.69, 9.17) is 9.47 Å². The van der Waals surface area contributed by atoms with Crippen LogP contribution in [0, 0.1) is 23.2 Å². The summed E-state index contributed by atoms with van der Waals surface area (Å²) in [6.07, 6.45) is 2.40. The van der Waals surface area contributed by atoms with E-state index in [1.165, 1.54) is 6.92 Å². The zero-order valence-electron chi connectivity index (χ0n) is 21.9. The molecule has 0 spiro atoms. The van der Waals surface area contributed by atoms with Crippen LogP contribution in [0.15, 0.2) is 54.1 Å². The normalized spacial score (nSPS) is 34.6. The number of ketones is 1. The van der Waals surface area contributed by atoms with Gasteiger partial charge in [0, 0.05) is 24.7 Å². The molecule has 0 aromatic heterocycles. The SMILES string of the molecule is CC(=O)OC12CC(C)C(OC(=O)c3ccccc3)C1C=C(C)C(O)CC(=O)C(C)(C)C=CC(C)C2O. The number of rotatable bonds is 3. The average Bonchev–Trinajstić information content (AvgIpc) is 3.07. The number of hydrogen-bond acceptors (Lipinski definition) is 7. The molecule has 0 amide bonds. The fraction of sp³-hybridized carbons (Fsp3) is 0.552. The second-order valence-corrected chi connectivity index (χ2v) is 10.9. The molecule has 2 N–H and O–H groups in total. The smallest absolute Gasteiger partial charge is 0.338 e. The Morgan fingerprint density at radius 2 is 1.72 bits per heavy atom. The topological polar surface area (TPSA) is 110 Å². The zero-order valence-corrected chi connectivity index (χ0v) is 21.9. The summed E-state index contributed by atoms with van der Waals surface area (Å²) in [4.78, 5) is 38.3. The minimum Gasteiger partial charge on any atom is -0.458 e. The predicted molar refractivity (Wildman–Crippen MR) is 135 cm³/mol. The highest BCUT2D eigenvalue weighted by molar-refractivity contribution is 5.89. The average molecular weight is 499 g/mol. The molecule has 3 rings (SSSR count). The Bertz CT molecular complexity index is 1040. The van der Waals surface area contributed by atoms with Crippen molar-refractivity contribution in [3.63, 3.8) is 0 Å². The van der Waals surface area contributed by atoms with Crippen LogP contribution in [0.5, 0.6) is 0 Å². The summed E-state index contributed by atoms with van der Waals surface area (Å²) >= 11 is 0. The number of allylic oxidation sites excluding steroid dienone is 1. The Kier molecular flexibility index (Phi) is 8.26. The molecule has 7 heteroatoms. The molecule has 0 saturated heterocycles. The molecular weight excluding hydrogens is 460 g/mol. The van der Waals surface area contributed by atoms with Crippen LogP contribution in [0.1, 0.15) is 64.7 Å². The standard InChI is InChI=1S/C29H38O7/c1-17-12-13-28(5,6)24(32)15-23(31)18(2)14-22-25(35-27(34)21-10-8-7-9-11-21)19(3)16-29(22,26(17)33)36-20(4)30/h7-14,17,19,22-23,25-26,31,33H,15-16H2,1-6H3. The van der Waals surface area contributed by atoms with Crippen molar-refractivity contribution in [3.8, 4) is 0 Å². The van der Waals surface area contributed by atoms with Gasteiger partial charge in [-0.15, -0.1) is 0 Å². The fourth-order valence-electron chi connectivity index (χ4n) is 5.36. The van der Waals surface area contributed by atoms with Gasteiger partial charge < -0.3 is 19.7 Å². The molecule has 0 aliphatic heterocycles. The summed E-state index contributed by atoms with van der Waals surface area (Å²) in [6.45, 7) is 10.2. The van der Waals surface area contributed by atoms with Crippen LogP contribution in [0.2, 0.25) is 0 Å². The molecule has 0 bridgehead atoms. The van der Waals surface area contributed by atoms with E-state index in [1.54, 1.807) is 76.3 Å². The van der Waals surface area contributed by atoms with Crippen LogP contribution in [-0.4, -0.2) is 51.8 Å². The summed E-state index contributed by atoms with van der Waals surface area (Å²) in [7, 11) is 0. The summed E-state index contributed by atoms with van der Waals surface area (Å²) < 4.78 is 11.9. The molecule has 0 radical (unpaired) electrons. The second-order valence-electron chi connectivity index (χ2n) is 10.9. The number of carbonyl (C=O) groups excluding carboxylic acids is 3. The summed E-state index contributed by atoms with van der Waals surface area (Å²) in [5.74, 6) is -2.72. The van der Waals surface area contributed by atoms with Gasteiger partial charge in [0.2, 0.25) is 0 Å². The summed E-state index contributed by atoms with van der Waals surface area (Å²) in [5, 5.41) is 22.5. The summed E-state index contributed by atoms with van der Waals surface area (Å²) in [5.41, 5.74) is -1.38. The van der Waals surface area contributed by atoms with Crippen LogP contribution in [0.3, 0.4) is 0 Å². The van der Waals surface area contributed by atoms with E-state index in [0.717, 1.165) is 0 Å². The lowest BCUT2D eigenvalue weighted by molar-refractivity contribution is -0.181. The van der Waals surface area contributed by atoms with E-state index in [2.05, 4.69) is 0 Å². The van der Waals surface area contributed by atoms with E-state index in [-0.39, 0.29) is 24.5 Å². The molecule has 7 unspecified atom stereocenters. The summed E-state index contributed by atoms with van der Waals surface area (Å²) in [6, 6.07) is 8.59. The van der Waals surface area contributed by atoms with Crippen LogP contribution >= 0.6 is 0 Å². The molecule has 7 nitrogen and oxygen atoms in total. The van der Waals surface area contributed by atoms with Crippen LogP contribution in [0.25, 0.3) is 0 Å². The number of Topliss-reactive ketones (excluding diaryl/α,β-unsaturated/α-hetero) is 1. The third-order valence-corrected chi connectivity index (χ3v) is 7.59. The van der Waals surface area contributed by atoms with Crippen molar-refractivity contribution in [2.45, 2.75) is 78.3 Å². The zero-order chi connectivity index (χ0) is 26.8. The van der Waals surface area contributed by atoms with Gasteiger partial charge in [-0.3, -0.25) is 9.59 Å². The Morgan fingerprint density at radius 3 is 2.33 bits per heavy atom. The molecule has 196 valence electrons. The molecule has 2 aliphatic carbocycles. The van der Waals surface area contributed by atoms with Crippen molar-refractivity contribution in [3.05, 3.63) is 59.7 Å². The van der Waals surface area contributed by atoms with Crippen LogP contribution in [0.4, 0.5) is 0 Å². The van der Waals surface area contributed by atoms with E-state index >= 15 is 0 Å². The Labute approximate surface area is 213 Å². The second kappa shape index (κ2) is 10.7. The van der Waals surface area contributed by atoms with E-state index < -0.39 is 53.1 Å².